The highest BCUT2D eigenvalue weighted by molar-refractivity contribution is 7.47. The molecule has 2 aliphatic heterocycles. The monoisotopic (exact) mass is 1680 g/mol. The van der Waals surface area contributed by atoms with Crippen LogP contribution in [0.4, 0.5) is 0 Å². The first-order valence-corrected chi connectivity index (χ1v) is 48.1. The van der Waals surface area contributed by atoms with Gasteiger partial charge in [-0.25, -0.2) is 4.57 Å². The van der Waals surface area contributed by atoms with Crippen molar-refractivity contribution in [1.29, 1.82) is 0 Å². The van der Waals surface area contributed by atoms with Crippen molar-refractivity contribution >= 4 is 31.7 Å². The van der Waals surface area contributed by atoms with E-state index in [0.29, 0.717) is 38.5 Å². The molecule has 116 heavy (non-hydrogen) atoms. The van der Waals surface area contributed by atoms with E-state index in [1.165, 1.54) is 161 Å². The molecule has 0 bridgehead atoms. The Morgan fingerprint density at radius 3 is 1.04 bits per heavy atom. The average molecular weight is 1680 g/mol. The molecule has 26 heteroatoms. The maximum atomic E-state index is 14.9. The third-order valence-corrected chi connectivity index (χ3v) is 23.7. The highest BCUT2D eigenvalue weighted by Gasteiger charge is 2.60. The van der Waals surface area contributed by atoms with Gasteiger partial charge in [0.15, 0.2) is 24.8 Å². The quantitative estimate of drug-likeness (QED) is 0.00889. The van der Waals surface area contributed by atoms with Crippen LogP contribution in [0.25, 0.3) is 0 Å². The fraction of sp³-hybridized carbons (Fsp3) is 0.911. The van der Waals surface area contributed by atoms with E-state index in [1.807, 2.05) is 0 Å². The Hall–Kier alpha value is -3.05. The summed E-state index contributed by atoms with van der Waals surface area (Å²) in [5.74, 6) is -2.98. The number of carbonyl (C=O) groups excluding carboxylic acids is 4. The van der Waals surface area contributed by atoms with Crippen LogP contribution in [0.2, 0.25) is 0 Å². The first kappa shape index (κ1) is 107. The molecule has 680 valence electrons. The second-order valence-corrected chi connectivity index (χ2v) is 34.6. The van der Waals surface area contributed by atoms with Crippen molar-refractivity contribution in [2.45, 2.75) is 498 Å². The summed E-state index contributed by atoms with van der Waals surface area (Å²) >= 11 is 0. The van der Waals surface area contributed by atoms with Gasteiger partial charge in [-0.05, 0) is 77.0 Å². The van der Waals surface area contributed by atoms with Crippen molar-refractivity contribution in [1.82, 2.24) is 0 Å². The maximum absolute atomic E-state index is 14.9. The molecule has 3 aliphatic rings. The molecular formula is C90H165O25P. The van der Waals surface area contributed by atoms with Crippen LogP contribution in [0.15, 0.2) is 24.3 Å². The van der Waals surface area contributed by atoms with E-state index in [1.54, 1.807) is 0 Å². The molecule has 3 rings (SSSR count). The van der Waals surface area contributed by atoms with E-state index in [-0.39, 0.29) is 32.1 Å². The lowest BCUT2D eigenvalue weighted by atomic mass is 9.84. The minimum Gasteiger partial charge on any atom is -0.463 e. The minimum absolute atomic E-state index is 0.0162. The zero-order valence-corrected chi connectivity index (χ0v) is 73.2. The van der Waals surface area contributed by atoms with Crippen molar-refractivity contribution in [3.63, 3.8) is 0 Å². The summed E-state index contributed by atoms with van der Waals surface area (Å²) < 4.78 is 73.3. The molecule has 0 amide bonds. The average Bonchev–Trinajstić information content (AvgIpc) is 0.754. The van der Waals surface area contributed by atoms with E-state index in [2.05, 4.69) is 52.0 Å². The van der Waals surface area contributed by atoms with Crippen LogP contribution in [0.3, 0.4) is 0 Å². The van der Waals surface area contributed by atoms with Gasteiger partial charge in [0.25, 0.3) is 0 Å². The van der Waals surface area contributed by atoms with Gasteiger partial charge in [-0.3, -0.25) is 28.2 Å². The number of ether oxygens (including phenoxy) is 8. The molecule has 18 unspecified atom stereocenters. The molecule has 1 aliphatic carbocycles. The van der Waals surface area contributed by atoms with Gasteiger partial charge < -0.3 is 88.7 Å². The molecular weight excluding hydrogens is 1510 g/mol. The van der Waals surface area contributed by atoms with E-state index < -0.39 is 162 Å². The largest absolute Gasteiger partial charge is 0.472 e. The van der Waals surface area contributed by atoms with Crippen molar-refractivity contribution in [3.8, 4) is 0 Å². The standard InChI is InChI=1S/C90H165O25P/c1-5-9-13-17-21-25-29-33-35-37-40-43-47-51-55-59-63-74(93)107-69-72-78(97)80(99)84(103)90(111-72)114-87-85(112-76(95)65-61-57-53-49-44-39-32-28-24-20-16-12-8-4)81(100)82(101)86(113-89-83(102)79(98)77(96)71(66-91)110-89)88(87)115-116(104,105)108-68-70(67-106-73(92)62-58-54-50-46-42-38-31-27-23-19-15-11-7-3)109-75(94)64-60-56-52-48-45-41-36-34-30-26-22-18-14-10-6-2/h26,30,39,44,70-72,77-91,96-103H,5-25,27-29,31-38,40-43,45-69H2,1-4H3,(H,104,105)/b30-26-,44-39-. The summed E-state index contributed by atoms with van der Waals surface area (Å²) in [5, 5.41) is 102. The molecule has 0 spiro atoms. The van der Waals surface area contributed by atoms with Gasteiger partial charge in [0.05, 0.1) is 13.2 Å². The van der Waals surface area contributed by atoms with Crippen LogP contribution in [0, 0.1) is 0 Å². The van der Waals surface area contributed by atoms with Crippen LogP contribution < -0.4 is 0 Å². The normalized spacial score (nSPS) is 25.2. The molecule has 2 saturated heterocycles. The number of aliphatic hydroxyl groups excluding tert-OH is 9. The molecule has 0 aromatic carbocycles. The molecule has 3 fully saturated rings. The summed E-state index contributed by atoms with van der Waals surface area (Å²) in [6, 6.07) is 0. The number of esters is 4. The molecule has 0 aromatic heterocycles. The Morgan fingerprint density at radius 2 is 0.647 bits per heavy atom. The van der Waals surface area contributed by atoms with Gasteiger partial charge in [-0.15, -0.1) is 0 Å². The Kier molecular flexibility index (Phi) is 64.1. The Balaban J connectivity index is 1.92. The van der Waals surface area contributed by atoms with Crippen molar-refractivity contribution in [2.24, 2.45) is 0 Å². The highest BCUT2D eigenvalue weighted by Crippen LogP contribution is 2.49. The Bertz CT molecular complexity index is 2510. The van der Waals surface area contributed by atoms with Gasteiger partial charge in [-0.1, -0.05) is 315 Å². The fourth-order valence-corrected chi connectivity index (χ4v) is 16.2. The van der Waals surface area contributed by atoms with E-state index >= 15 is 0 Å². The van der Waals surface area contributed by atoms with Crippen molar-refractivity contribution in [2.75, 3.05) is 26.4 Å². The van der Waals surface area contributed by atoms with Crippen LogP contribution >= 0.6 is 7.82 Å². The number of phosphoric acid groups is 1. The predicted octanol–water partition coefficient (Wildman–Crippen LogP) is 16.9. The Labute approximate surface area is 698 Å². The van der Waals surface area contributed by atoms with Crippen LogP contribution in [-0.4, -0.2) is 205 Å². The summed E-state index contributed by atoms with van der Waals surface area (Å²) in [4.78, 5) is 66.4. The zero-order valence-electron chi connectivity index (χ0n) is 72.3. The third-order valence-electron chi connectivity index (χ3n) is 22.7. The van der Waals surface area contributed by atoms with Crippen molar-refractivity contribution < 1.29 is 122 Å². The number of unbranched alkanes of at least 4 members (excludes halogenated alkanes) is 47. The van der Waals surface area contributed by atoms with E-state index in [0.717, 1.165) is 135 Å². The van der Waals surface area contributed by atoms with E-state index in [9.17, 15) is 74.6 Å². The number of hydrogen-bond acceptors (Lipinski definition) is 24. The molecule has 18 atom stereocenters. The number of phosphoric ester groups is 1. The smallest absolute Gasteiger partial charge is 0.463 e. The van der Waals surface area contributed by atoms with Crippen LogP contribution in [-0.2, 0) is 70.7 Å². The molecule has 0 aromatic rings. The summed E-state index contributed by atoms with van der Waals surface area (Å²) in [6.07, 6.45) is 29.0. The number of allylic oxidation sites excluding steroid dienone is 4. The molecule has 1 saturated carbocycles. The molecule has 2 heterocycles. The van der Waals surface area contributed by atoms with Crippen molar-refractivity contribution in [3.05, 3.63) is 24.3 Å². The van der Waals surface area contributed by atoms with Gasteiger partial charge in [0.1, 0.15) is 92.6 Å². The van der Waals surface area contributed by atoms with Crippen LogP contribution in [0.5, 0.6) is 0 Å². The van der Waals surface area contributed by atoms with Gasteiger partial charge in [0, 0.05) is 25.7 Å². The second-order valence-electron chi connectivity index (χ2n) is 33.2. The lowest BCUT2D eigenvalue weighted by molar-refractivity contribution is -0.360. The minimum atomic E-state index is -5.81. The lowest BCUT2D eigenvalue weighted by Gasteiger charge is -2.50. The Morgan fingerprint density at radius 1 is 0.336 bits per heavy atom. The number of hydrogen-bond donors (Lipinski definition) is 10. The van der Waals surface area contributed by atoms with Gasteiger partial charge >= 0.3 is 31.7 Å². The van der Waals surface area contributed by atoms with Gasteiger partial charge in [0.2, 0.25) is 0 Å². The summed E-state index contributed by atoms with van der Waals surface area (Å²) in [5.41, 5.74) is 0. The molecule has 25 nitrogen and oxygen atoms in total. The summed E-state index contributed by atoms with van der Waals surface area (Å²) in [7, 11) is -5.81. The lowest BCUT2D eigenvalue weighted by Crippen LogP contribution is -2.70. The number of rotatable bonds is 75. The first-order valence-electron chi connectivity index (χ1n) is 46.6. The van der Waals surface area contributed by atoms with E-state index in [4.69, 9.17) is 46.9 Å². The predicted molar refractivity (Wildman–Crippen MR) is 449 cm³/mol. The zero-order chi connectivity index (χ0) is 84.7. The molecule has 10 N–H and O–H groups in total. The first-order chi connectivity index (χ1) is 56.2. The highest BCUT2D eigenvalue weighted by atomic mass is 31.2. The number of carbonyl (C=O) groups is 4. The number of aliphatic hydroxyl groups is 9. The SMILES string of the molecule is CCCCCC/C=C\CCCCCCCCCC(=O)OC(COC(=O)CCCCCCCCCCCCCCC)COP(=O)(O)OC1C(OC2OC(CO)C(O)C(O)C2O)C(O)C(O)C(OC(=O)CCCCC/C=C\CCCCCCCC)C1OC1OC(COC(=O)CCCCCCCCCCCCCCCCCC)C(O)C(O)C1O. The molecule has 0 radical (unpaired) electrons. The fourth-order valence-electron chi connectivity index (χ4n) is 15.2. The topological polar surface area (TPSA) is 380 Å². The van der Waals surface area contributed by atoms with Crippen LogP contribution in [0.1, 0.15) is 394 Å². The summed E-state index contributed by atoms with van der Waals surface area (Å²) in [6.45, 7) is 5.57. The maximum Gasteiger partial charge on any atom is 0.472 e. The second kappa shape index (κ2) is 69.4. The third kappa shape index (κ3) is 49.3. The van der Waals surface area contributed by atoms with Gasteiger partial charge in [-0.2, -0.15) is 0 Å².